The topological polar surface area (TPSA) is 26.3 Å². The molecule has 3 heteroatoms. The molecule has 0 radical (unpaired) electrons. The quantitative estimate of drug-likeness (QED) is 0.251. The SMILES string of the molecule is C[C@@H](CC/C=C/C=C/CCC=O)O[Si](C)(C)C(C)(C)C. The van der Waals surface area contributed by atoms with Crippen LogP contribution in [0.1, 0.15) is 53.4 Å². The van der Waals surface area contributed by atoms with Crippen molar-refractivity contribution in [1.82, 2.24) is 0 Å². The zero-order chi connectivity index (χ0) is 15.6. The number of aldehydes is 1. The van der Waals surface area contributed by atoms with E-state index < -0.39 is 8.32 Å². The predicted molar refractivity (Wildman–Crippen MR) is 90.6 cm³/mol. The van der Waals surface area contributed by atoms with Crippen molar-refractivity contribution in [2.75, 3.05) is 0 Å². The summed E-state index contributed by atoms with van der Waals surface area (Å²) in [6, 6.07) is 0. The minimum atomic E-state index is -1.63. The highest BCUT2D eigenvalue weighted by molar-refractivity contribution is 6.74. The van der Waals surface area contributed by atoms with Crippen LogP contribution in [-0.2, 0) is 9.22 Å². The molecule has 20 heavy (non-hydrogen) atoms. The molecule has 0 fully saturated rings. The Morgan fingerprint density at radius 1 is 1.05 bits per heavy atom. The summed E-state index contributed by atoms with van der Waals surface area (Å²) in [6.07, 6.45) is 13.1. The van der Waals surface area contributed by atoms with E-state index in [-0.39, 0.29) is 5.04 Å². The van der Waals surface area contributed by atoms with Gasteiger partial charge in [-0.3, -0.25) is 0 Å². The van der Waals surface area contributed by atoms with Gasteiger partial charge in [0, 0.05) is 12.5 Å². The van der Waals surface area contributed by atoms with Crippen molar-refractivity contribution in [3.8, 4) is 0 Å². The molecule has 0 aliphatic rings. The van der Waals surface area contributed by atoms with E-state index in [2.05, 4.69) is 52.9 Å². The Labute approximate surface area is 126 Å². The van der Waals surface area contributed by atoms with E-state index in [1.54, 1.807) is 0 Å². The number of unbranched alkanes of at least 4 members (excludes halogenated alkanes) is 1. The van der Waals surface area contributed by atoms with Crippen molar-refractivity contribution >= 4 is 14.6 Å². The molecular formula is C17H32O2Si. The van der Waals surface area contributed by atoms with Crippen molar-refractivity contribution in [2.45, 2.75) is 77.6 Å². The van der Waals surface area contributed by atoms with Crippen LogP contribution in [0, 0.1) is 0 Å². The van der Waals surface area contributed by atoms with Gasteiger partial charge in [-0.05, 0) is 44.3 Å². The molecule has 0 aromatic rings. The van der Waals surface area contributed by atoms with E-state index in [9.17, 15) is 4.79 Å². The van der Waals surface area contributed by atoms with Gasteiger partial charge in [-0.2, -0.15) is 0 Å². The lowest BCUT2D eigenvalue weighted by Gasteiger charge is -2.38. The molecule has 2 nitrogen and oxygen atoms in total. The normalized spacial score (nSPS) is 15.1. The molecule has 0 aromatic heterocycles. The van der Waals surface area contributed by atoms with E-state index in [1.807, 2.05) is 12.2 Å². The lowest BCUT2D eigenvalue weighted by molar-refractivity contribution is -0.107. The number of carbonyl (C=O) groups is 1. The highest BCUT2D eigenvalue weighted by Crippen LogP contribution is 2.37. The number of allylic oxidation sites excluding steroid dienone is 4. The van der Waals surface area contributed by atoms with Gasteiger partial charge in [0.2, 0.25) is 0 Å². The van der Waals surface area contributed by atoms with Crippen molar-refractivity contribution in [3.63, 3.8) is 0 Å². The Hall–Kier alpha value is -0.673. The maximum Gasteiger partial charge on any atom is 0.192 e. The fraction of sp³-hybridized carbons (Fsp3) is 0.706. The van der Waals surface area contributed by atoms with Gasteiger partial charge in [-0.1, -0.05) is 45.1 Å². The summed E-state index contributed by atoms with van der Waals surface area (Å²) in [4.78, 5) is 10.1. The van der Waals surface area contributed by atoms with E-state index in [4.69, 9.17) is 4.43 Å². The summed E-state index contributed by atoms with van der Waals surface area (Å²) >= 11 is 0. The van der Waals surface area contributed by atoms with Gasteiger partial charge >= 0.3 is 0 Å². The van der Waals surface area contributed by atoms with Crippen molar-refractivity contribution in [2.24, 2.45) is 0 Å². The van der Waals surface area contributed by atoms with Gasteiger partial charge in [0.05, 0.1) is 0 Å². The predicted octanol–water partition coefficient (Wildman–Crippen LogP) is 5.27. The van der Waals surface area contributed by atoms with Gasteiger partial charge in [0.25, 0.3) is 0 Å². The standard InChI is InChI=1S/C17H32O2Si/c1-16(19-20(5,6)17(2,3)4)14-12-10-8-7-9-11-13-15-18/h7-10,15-16H,11-14H2,1-6H3/b9-7+,10-8+/t16-/m0/s1. The first-order chi connectivity index (χ1) is 9.20. The second kappa shape index (κ2) is 9.30. The average Bonchev–Trinajstić information content (AvgIpc) is 2.30. The van der Waals surface area contributed by atoms with Gasteiger partial charge in [-0.15, -0.1) is 0 Å². The van der Waals surface area contributed by atoms with Crippen LogP contribution in [0.4, 0.5) is 0 Å². The number of rotatable bonds is 9. The summed E-state index contributed by atoms with van der Waals surface area (Å²) in [5.74, 6) is 0. The summed E-state index contributed by atoms with van der Waals surface area (Å²) in [6.45, 7) is 13.6. The molecule has 0 saturated carbocycles. The summed E-state index contributed by atoms with van der Waals surface area (Å²) < 4.78 is 6.31. The minimum absolute atomic E-state index is 0.276. The maximum absolute atomic E-state index is 10.1. The second-order valence-corrected chi connectivity index (χ2v) is 11.6. The highest BCUT2D eigenvalue weighted by Gasteiger charge is 2.38. The number of carbonyl (C=O) groups excluding carboxylic acids is 1. The third-order valence-electron chi connectivity index (χ3n) is 3.88. The van der Waals surface area contributed by atoms with Crippen LogP contribution in [0.3, 0.4) is 0 Å². The third kappa shape index (κ3) is 8.49. The van der Waals surface area contributed by atoms with Gasteiger partial charge in [0.1, 0.15) is 6.29 Å². The van der Waals surface area contributed by atoms with Crippen LogP contribution in [-0.4, -0.2) is 20.7 Å². The van der Waals surface area contributed by atoms with Gasteiger partial charge in [0.15, 0.2) is 8.32 Å². The number of hydrogen-bond acceptors (Lipinski definition) is 2. The molecule has 0 heterocycles. The molecule has 0 saturated heterocycles. The fourth-order valence-electron chi connectivity index (χ4n) is 1.58. The van der Waals surface area contributed by atoms with Crippen LogP contribution in [0.2, 0.25) is 18.1 Å². The molecule has 0 unspecified atom stereocenters. The van der Waals surface area contributed by atoms with E-state index in [0.29, 0.717) is 12.5 Å². The Bertz CT molecular complexity index is 324. The Morgan fingerprint density at radius 2 is 1.60 bits per heavy atom. The fourth-order valence-corrected chi connectivity index (χ4v) is 3.06. The second-order valence-electron chi connectivity index (χ2n) is 6.87. The smallest absolute Gasteiger partial charge is 0.192 e. The van der Waals surface area contributed by atoms with Crippen LogP contribution < -0.4 is 0 Å². The molecule has 1 atom stereocenters. The molecule has 0 amide bonds. The zero-order valence-corrected chi connectivity index (χ0v) is 15.1. The molecule has 0 N–H and O–H groups in total. The highest BCUT2D eigenvalue weighted by atomic mass is 28.4. The zero-order valence-electron chi connectivity index (χ0n) is 14.1. The monoisotopic (exact) mass is 296 g/mol. The molecule has 0 rings (SSSR count). The van der Waals surface area contributed by atoms with Crippen LogP contribution >= 0.6 is 0 Å². The summed E-state index contributed by atoms with van der Waals surface area (Å²) in [5.41, 5.74) is 0. The Balaban J connectivity index is 3.94. The molecule has 0 aliphatic carbocycles. The van der Waals surface area contributed by atoms with E-state index in [0.717, 1.165) is 25.5 Å². The maximum atomic E-state index is 10.1. The van der Waals surface area contributed by atoms with Crippen LogP contribution in [0.25, 0.3) is 0 Å². The number of hydrogen-bond donors (Lipinski definition) is 0. The van der Waals surface area contributed by atoms with E-state index in [1.165, 1.54) is 0 Å². The van der Waals surface area contributed by atoms with Crippen molar-refractivity contribution in [1.29, 1.82) is 0 Å². The lowest BCUT2D eigenvalue weighted by Crippen LogP contribution is -2.43. The minimum Gasteiger partial charge on any atom is -0.414 e. The average molecular weight is 297 g/mol. The van der Waals surface area contributed by atoms with Crippen LogP contribution in [0.5, 0.6) is 0 Å². The van der Waals surface area contributed by atoms with Crippen molar-refractivity contribution < 1.29 is 9.22 Å². The molecule has 0 spiro atoms. The largest absolute Gasteiger partial charge is 0.414 e. The molecule has 0 aliphatic heterocycles. The summed E-state index contributed by atoms with van der Waals surface area (Å²) in [7, 11) is -1.63. The molecule has 0 bridgehead atoms. The first kappa shape index (κ1) is 19.3. The Morgan fingerprint density at radius 3 is 2.10 bits per heavy atom. The molecule has 0 aromatic carbocycles. The van der Waals surface area contributed by atoms with Gasteiger partial charge < -0.3 is 9.22 Å². The summed E-state index contributed by atoms with van der Waals surface area (Å²) in [5, 5.41) is 0.276. The lowest BCUT2D eigenvalue weighted by atomic mass is 10.2. The first-order valence-corrected chi connectivity index (χ1v) is 10.5. The van der Waals surface area contributed by atoms with Crippen LogP contribution in [0.15, 0.2) is 24.3 Å². The van der Waals surface area contributed by atoms with E-state index >= 15 is 0 Å². The van der Waals surface area contributed by atoms with Crippen molar-refractivity contribution in [3.05, 3.63) is 24.3 Å². The first-order valence-electron chi connectivity index (χ1n) is 7.64. The Kier molecular flexibility index (Phi) is 8.98. The van der Waals surface area contributed by atoms with Gasteiger partial charge in [-0.25, -0.2) is 0 Å². The molecule has 116 valence electrons. The third-order valence-corrected chi connectivity index (χ3v) is 8.48. The molecular weight excluding hydrogens is 264 g/mol.